The molecule has 2 aliphatic heterocycles. The lowest BCUT2D eigenvalue weighted by Crippen LogP contribution is -2.42. The van der Waals surface area contributed by atoms with Crippen molar-refractivity contribution in [1.82, 2.24) is 9.88 Å². The highest BCUT2D eigenvalue weighted by atomic mass is 35.5. The highest BCUT2D eigenvalue weighted by molar-refractivity contribution is 6.30. The first kappa shape index (κ1) is 21.5. The van der Waals surface area contributed by atoms with Crippen LogP contribution in [0.1, 0.15) is 43.4 Å². The van der Waals surface area contributed by atoms with Crippen molar-refractivity contribution >= 4 is 23.5 Å². The first-order valence-corrected chi connectivity index (χ1v) is 10.9. The van der Waals surface area contributed by atoms with Gasteiger partial charge in [0.15, 0.2) is 0 Å². The molecule has 1 aromatic carbocycles. The van der Waals surface area contributed by atoms with E-state index in [1.165, 1.54) is 0 Å². The maximum Gasteiger partial charge on any atom is 0.336 e. The van der Waals surface area contributed by atoms with E-state index in [0.717, 1.165) is 18.4 Å². The van der Waals surface area contributed by atoms with E-state index in [-0.39, 0.29) is 31.0 Å². The minimum Gasteiger partial charge on any atom is -0.456 e. The number of carbonyl (C=O) groups excluding carboxylic acids is 2. The van der Waals surface area contributed by atoms with Gasteiger partial charge in [-0.1, -0.05) is 29.8 Å². The number of hydrogen-bond donors (Lipinski definition) is 0. The monoisotopic (exact) mass is 440 g/mol. The van der Waals surface area contributed by atoms with Gasteiger partial charge in [0, 0.05) is 35.9 Å². The number of rotatable bonds is 6. The molecule has 0 N–H and O–H groups in total. The lowest BCUT2D eigenvalue weighted by Gasteiger charge is -2.35. The first-order valence-electron chi connectivity index (χ1n) is 10.5. The Bertz CT molecular complexity index is 969. The summed E-state index contributed by atoms with van der Waals surface area (Å²) >= 11 is 6.04. The maximum absolute atomic E-state index is 13.2. The van der Waals surface area contributed by atoms with Gasteiger partial charge in [0.05, 0.1) is 23.9 Å². The van der Waals surface area contributed by atoms with Crippen molar-refractivity contribution in [2.45, 2.75) is 44.8 Å². The molecule has 0 unspecified atom stereocenters. The van der Waals surface area contributed by atoms with Gasteiger partial charge in [0.2, 0.25) is 5.91 Å². The topological polar surface area (TPSA) is 68.7 Å². The van der Waals surface area contributed by atoms with Crippen LogP contribution in [0.25, 0.3) is 0 Å². The number of esters is 1. The first-order chi connectivity index (χ1) is 15.0. The fourth-order valence-corrected chi connectivity index (χ4v) is 4.30. The van der Waals surface area contributed by atoms with Crippen molar-refractivity contribution in [3.63, 3.8) is 0 Å². The zero-order chi connectivity index (χ0) is 21.8. The van der Waals surface area contributed by atoms with Gasteiger partial charge in [-0.05, 0) is 49.6 Å². The Morgan fingerprint density at radius 2 is 2.06 bits per heavy atom. The minimum atomic E-state index is -0.437. The van der Waals surface area contributed by atoms with E-state index in [1.807, 2.05) is 31.2 Å². The molecule has 0 bridgehead atoms. The summed E-state index contributed by atoms with van der Waals surface area (Å²) in [5.41, 5.74) is 2.65. The second kappa shape index (κ2) is 9.62. The smallest absolute Gasteiger partial charge is 0.336 e. The molecule has 2 aromatic rings. The van der Waals surface area contributed by atoms with Crippen LogP contribution in [0, 0.1) is 0 Å². The number of hydrogen-bond acceptors (Lipinski definition) is 5. The van der Waals surface area contributed by atoms with Crippen LogP contribution >= 0.6 is 11.6 Å². The molecule has 3 heterocycles. The standard InChI is InChI=1S/C24H25ClN2O4/c1-16-23(24(29)31-15-19-5-2-3-11-26-19)21(17-7-9-18(25)10-8-17)13-22(28)27(16)14-20-6-4-12-30-20/h2-3,5,7-11,20-21H,4,6,12-15H2,1H3/t20-,21+/m0/s1. The van der Waals surface area contributed by atoms with Gasteiger partial charge in [-0.3, -0.25) is 9.78 Å². The zero-order valence-electron chi connectivity index (χ0n) is 17.4. The van der Waals surface area contributed by atoms with Gasteiger partial charge in [0.25, 0.3) is 0 Å². The molecular weight excluding hydrogens is 416 g/mol. The molecule has 6 nitrogen and oxygen atoms in total. The SMILES string of the molecule is CC1=C(C(=O)OCc2ccccn2)[C@@H](c2ccc(Cl)cc2)CC(=O)N1C[C@@H]1CCCO1. The molecule has 1 amide bonds. The van der Waals surface area contributed by atoms with Gasteiger partial charge in [-0.15, -0.1) is 0 Å². The van der Waals surface area contributed by atoms with Crippen LogP contribution in [0.5, 0.6) is 0 Å². The van der Waals surface area contributed by atoms with Crippen molar-refractivity contribution in [3.05, 3.63) is 76.2 Å². The van der Waals surface area contributed by atoms with E-state index in [0.29, 0.717) is 35.1 Å². The van der Waals surface area contributed by atoms with E-state index in [4.69, 9.17) is 21.1 Å². The highest BCUT2D eigenvalue weighted by Crippen LogP contribution is 2.38. The van der Waals surface area contributed by atoms with Gasteiger partial charge < -0.3 is 14.4 Å². The van der Waals surface area contributed by atoms with E-state index < -0.39 is 5.97 Å². The van der Waals surface area contributed by atoms with Crippen LogP contribution in [0.4, 0.5) is 0 Å². The summed E-state index contributed by atoms with van der Waals surface area (Å²) in [6.07, 6.45) is 3.75. The summed E-state index contributed by atoms with van der Waals surface area (Å²) in [7, 11) is 0. The molecule has 1 saturated heterocycles. The van der Waals surface area contributed by atoms with Crippen LogP contribution in [0.3, 0.4) is 0 Å². The van der Waals surface area contributed by atoms with Gasteiger partial charge in [0.1, 0.15) is 6.61 Å². The van der Waals surface area contributed by atoms with Crippen molar-refractivity contribution in [1.29, 1.82) is 0 Å². The fraction of sp³-hybridized carbons (Fsp3) is 0.375. The molecule has 7 heteroatoms. The Labute approximate surface area is 186 Å². The number of benzene rings is 1. The Morgan fingerprint density at radius 3 is 2.74 bits per heavy atom. The average Bonchev–Trinajstić information content (AvgIpc) is 3.29. The van der Waals surface area contributed by atoms with Crippen LogP contribution in [0.2, 0.25) is 5.02 Å². The Balaban J connectivity index is 1.63. The van der Waals surface area contributed by atoms with E-state index >= 15 is 0 Å². The molecule has 0 spiro atoms. The third kappa shape index (κ3) is 4.97. The highest BCUT2D eigenvalue weighted by Gasteiger charge is 2.38. The normalized spacial score (nSPS) is 21.5. The van der Waals surface area contributed by atoms with Gasteiger partial charge in [-0.25, -0.2) is 4.79 Å². The maximum atomic E-state index is 13.2. The zero-order valence-corrected chi connectivity index (χ0v) is 18.2. The third-order valence-corrected chi connectivity index (χ3v) is 6.05. The molecular formula is C24H25ClN2O4. The number of carbonyl (C=O) groups is 2. The molecule has 0 aliphatic carbocycles. The number of allylic oxidation sites excluding steroid dienone is 1. The van der Waals surface area contributed by atoms with Crippen LogP contribution in [0.15, 0.2) is 59.9 Å². The molecule has 2 aliphatic rings. The molecule has 162 valence electrons. The second-order valence-electron chi connectivity index (χ2n) is 7.84. The van der Waals surface area contributed by atoms with E-state index in [1.54, 1.807) is 29.3 Å². The third-order valence-electron chi connectivity index (χ3n) is 5.80. The molecule has 0 radical (unpaired) electrons. The summed E-state index contributed by atoms with van der Waals surface area (Å²) in [5, 5.41) is 0.603. The molecule has 0 saturated carbocycles. The van der Waals surface area contributed by atoms with Crippen molar-refractivity contribution in [2.75, 3.05) is 13.2 Å². The molecule has 1 fully saturated rings. The quantitative estimate of drug-likeness (QED) is 0.628. The largest absolute Gasteiger partial charge is 0.456 e. The second-order valence-corrected chi connectivity index (χ2v) is 8.28. The van der Waals surface area contributed by atoms with Crippen LogP contribution in [-0.2, 0) is 25.7 Å². The summed E-state index contributed by atoms with van der Waals surface area (Å²) in [4.78, 5) is 32.1. The molecule has 4 rings (SSSR count). The lowest BCUT2D eigenvalue weighted by molar-refractivity contribution is -0.142. The number of pyridine rings is 1. The molecule has 31 heavy (non-hydrogen) atoms. The van der Waals surface area contributed by atoms with Gasteiger partial charge in [-0.2, -0.15) is 0 Å². The predicted octanol–water partition coefficient (Wildman–Crippen LogP) is 4.25. The van der Waals surface area contributed by atoms with Crippen molar-refractivity contribution in [2.24, 2.45) is 0 Å². The van der Waals surface area contributed by atoms with Gasteiger partial charge >= 0.3 is 5.97 Å². The molecule has 1 aromatic heterocycles. The Morgan fingerprint density at radius 1 is 1.26 bits per heavy atom. The summed E-state index contributed by atoms with van der Waals surface area (Å²) in [5.74, 6) is -0.844. The fourth-order valence-electron chi connectivity index (χ4n) is 4.17. The lowest BCUT2D eigenvalue weighted by atomic mass is 9.83. The average molecular weight is 441 g/mol. The Kier molecular flexibility index (Phi) is 6.68. The number of amides is 1. The Hall–Kier alpha value is -2.70. The number of aromatic nitrogens is 1. The van der Waals surface area contributed by atoms with E-state index in [2.05, 4.69) is 4.98 Å². The van der Waals surface area contributed by atoms with Crippen molar-refractivity contribution in [3.8, 4) is 0 Å². The number of halogens is 1. The number of ether oxygens (including phenoxy) is 2. The van der Waals surface area contributed by atoms with Crippen LogP contribution < -0.4 is 0 Å². The van der Waals surface area contributed by atoms with Crippen LogP contribution in [-0.4, -0.2) is 41.0 Å². The van der Waals surface area contributed by atoms with Crippen molar-refractivity contribution < 1.29 is 19.1 Å². The van der Waals surface area contributed by atoms with E-state index in [9.17, 15) is 9.59 Å². The summed E-state index contributed by atoms with van der Waals surface area (Å²) in [6.45, 7) is 3.05. The summed E-state index contributed by atoms with van der Waals surface area (Å²) < 4.78 is 11.3. The number of nitrogens with zero attached hydrogens (tertiary/aromatic N) is 2. The minimum absolute atomic E-state index is 0.00299. The summed E-state index contributed by atoms with van der Waals surface area (Å²) in [6, 6.07) is 12.7. The predicted molar refractivity (Wildman–Crippen MR) is 116 cm³/mol. The molecule has 2 atom stereocenters.